The second kappa shape index (κ2) is 6.20. The average Bonchev–Trinajstić information content (AvgIpc) is 2.42. The van der Waals surface area contributed by atoms with E-state index in [1.807, 2.05) is 31.0 Å². The highest BCUT2D eigenvalue weighted by atomic mass is 16.2. The van der Waals surface area contributed by atoms with Crippen LogP contribution in [0.2, 0.25) is 0 Å². The van der Waals surface area contributed by atoms with Crippen molar-refractivity contribution in [2.75, 3.05) is 26.7 Å². The number of piperidine rings is 1. The van der Waals surface area contributed by atoms with Gasteiger partial charge in [0.1, 0.15) is 0 Å². The van der Waals surface area contributed by atoms with Gasteiger partial charge in [-0.2, -0.15) is 0 Å². The van der Waals surface area contributed by atoms with E-state index in [1.54, 1.807) is 0 Å². The minimum Gasteiger partial charge on any atom is -0.338 e. The summed E-state index contributed by atoms with van der Waals surface area (Å²) < 4.78 is 0. The van der Waals surface area contributed by atoms with E-state index >= 15 is 0 Å². The second-order valence-electron chi connectivity index (χ2n) is 5.56. The summed E-state index contributed by atoms with van der Waals surface area (Å²) in [6.45, 7) is 6.87. The summed E-state index contributed by atoms with van der Waals surface area (Å²) in [5.74, 6) is 0.787. The van der Waals surface area contributed by atoms with E-state index in [0.717, 1.165) is 37.2 Å². The van der Waals surface area contributed by atoms with Gasteiger partial charge in [-0.25, -0.2) is 0 Å². The van der Waals surface area contributed by atoms with E-state index in [4.69, 9.17) is 0 Å². The van der Waals surface area contributed by atoms with Crippen LogP contribution in [0.25, 0.3) is 0 Å². The monoisotopic (exact) mass is 260 g/mol. The van der Waals surface area contributed by atoms with E-state index < -0.39 is 0 Å². The van der Waals surface area contributed by atoms with E-state index in [-0.39, 0.29) is 5.91 Å². The van der Waals surface area contributed by atoms with Crippen molar-refractivity contribution in [1.82, 2.24) is 10.2 Å². The molecule has 1 aliphatic heterocycles. The van der Waals surface area contributed by atoms with Gasteiger partial charge in [-0.15, -0.1) is 0 Å². The molecular weight excluding hydrogens is 236 g/mol. The van der Waals surface area contributed by atoms with Crippen LogP contribution in [0.5, 0.6) is 0 Å². The molecule has 1 aromatic rings. The van der Waals surface area contributed by atoms with Crippen molar-refractivity contribution >= 4 is 5.91 Å². The van der Waals surface area contributed by atoms with Crippen LogP contribution in [0.4, 0.5) is 0 Å². The normalized spacial score (nSPS) is 19.5. The van der Waals surface area contributed by atoms with Crippen molar-refractivity contribution in [1.29, 1.82) is 0 Å². The first-order valence-electron chi connectivity index (χ1n) is 7.13. The fourth-order valence-corrected chi connectivity index (χ4v) is 2.86. The smallest absolute Gasteiger partial charge is 0.254 e. The lowest BCUT2D eigenvalue weighted by Crippen LogP contribution is -2.42. The number of hydrogen-bond acceptors (Lipinski definition) is 2. The number of nitrogens with zero attached hydrogens (tertiary/aromatic N) is 1. The Labute approximate surface area is 116 Å². The lowest BCUT2D eigenvalue weighted by Gasteiger charge is -2.33. The predicted molar refractivity (Wildman–Crippen MR) is 78.5 cm³/mol. The van der Waals surface area contributed by atoms with Crippen molar-refractivity contribution in [3.8, 4) is 0 Å². The molecule has 1 heterocycles. The third-order valence-electron chi connectivity index (χ3n) is 4.13. The summed E-state index contributed by atoms with van der Waals surface area (Å²) in [4.78, 5) is 14.6. The second-order valence-corrected chi connectivity index (χ2v) is 5.56. The van der Waals surface area contributed by atoms with Crippen LogP contribution < -0.4 is 5.32 Å². The Kier molecular flexibility index (Phi) is 4.59. The SMILES string of the molecule is CNCC1CCCN(C(=O)c2cccc(C)c2C)C1. The van der Waals surface area contributed by atoms with Gasteiger partial charge in [0.05, 0.1) is 0 Å². The van der Waals surface area contributed by atoms with Crippen LogP contribution in [-0.2, 0) is 0 Å². The highest BCUT2D eigenvalue weighted by molar-refractivity contribution is 5.96. The van der Waals surface area contributed by atoms with E-state index in [0.29, 0.717) is 5.92 Å². The van der Waals surface area contributed by atoms with E-state index in [2.05, 4.69) is 18.3 Å². The fourth-order valence-electron chi connectivity index (χ4n) is 2.86. The maximum absolute atomic E-state index is 12.6. The molecule has 1 aromatic carbocycles. The number of carbonyl (C=O) groups is 1. The number of carbonyl (C=O) groups excluding carboxylic acids is 1. The molecule has 0 radical (unpaired) electrons. The van der Waals surface area contributed by atoms with Gasteiger partial charge < -0.3 is 10.2 Å². The maximum Gasteiger partial charge on any atom is 0.254 e. The van der Waals surface area contributed by atoms with E-state index in [1.165, 1.54) is 12.0 Å². The summed E-state index contributed by atoms with van der Waals surface area (Å²) in [7, 11) is 1.98. The Hall–Kier alpha value is -1.35. The molecule has 0 saturated carbocycles. The molecule has 1 aliphatic rings. The number of hydrogen-bond donors (Lipinski definition) is 1. The Morgan fingerprint density at radius 3 is 2.95 bits per heavy atom. The number of nitrogens with one attached hydrogen (secondary N) is 1. The first-order valence-corrected chi connectivity index (χ1v) is 7.13. The van der Waals surface area contributed by atoms with Crippen LogP contribution in [0.1, 0.15) is 34.3 Å². The van der Waals surface area contributed by atoms with Gasteiger partial charge in [0.15, 0.2) is 0 Å². The Balaban J connectivity index is 2.12. The molecular formula is C16H24N2O. The largest absolute Gasteiger partial charge is 0.338 e. The lowest BCUT2D eigenvalue weighted by atomic mass is 9.96. The van der Waals surface area contributed by atoms with Crippen molar-refractivity contribution in [2.24, 2.45) is 5.92 Å². The molecule has 1 amide bonds. The molecule has 104 valence electrons. The molecule has 0 bridgehead atoms. The quantitative estimate of drug-likeness (QED) is 0.905. The first-order chi connectivity index (χ1) is 9.13. The molecule has 1 fully saturated rings. The topological polar surface area (TPSA) is 32.3 Å². The number of aryl methyl sites for hydroxylation is 1. The zero-order valence-corrected chi connectivity index (χ0v) is 12.2. The van der Waals surface area contributed by atoms with Gasteiger partial charge in [0.25, 0.3) is 5.91 Å². The van der Waals surface area contributed by atoms with E-state index in [9.17, 15) is 4.79 Å². The van der Waals surface area contributed by atoms with Crippen LogP contribution >= 0.6 is 0 Å². The fraction of sp³-hybridized carbons (Fsp3) is 0.562. The summed E-state index contributed by atoms with van der Waals surface area (Å²) in [5.41, 5.74) is 3.17. The van der Waals surface area contributed by atoms with Gasteiger partial charge in [-0.1, -0.05) is 12.1 Å². The summed E-state index contributed by atoms with van der Waals surface area (Å²) in [6, 6.07) is 5.99. The van der Waals surface area contributed by atoms with Gasteiger partial charge >= 0.3 is 0 Å². The van der Waals surface area contributed by atoms with Gasteiger partial charge in [-0.3, -0.25) is 4.79 Å². The zero-order valence-electron chi connectivity index (χ0n) is 12.2. The minimum absolute atomic E-state index is 0.196. The van der Waals surface area contributed by atoms with Gasteiger partial charge in [-0.05, 0) is 63.4 Å². The van der Waals surface area contributed by atoms with Crippen molar-refractivity contribution in [2.45, 2.75) is 26.7 Å². The number of amides is 1. The van der Waals surface area contributed by atoms with Crippen LogP contribution in [0, 0.1) is 19.8 Å². The van der Waals surface area contributed by atoms with Gasteiger partial charge in [0.2, 0.25) is 0 Å². The third-order valence-corrected chi connectivity index (χ3v) is 4.13. The predicted octanol–water partition coefficient (Wildman–Crippen LogP) is 2.38. The summed E-state index contributed by atoms with van der Waals surface area (Å²) in [5, 5.41) is 3.22. The molecule has 1 unspecified atom stereocenters. The Bertz CT molecular complexity index is 454. The first kappa shape index (κ1) is 14.1. The number of likely N-dealkylation sites (tertiary alicyclic amines) is 1. The highest BCUT2D eigenvalue weighted by Crippen LogP contribution is 2.20. The molecule has 3 nitrogen and oxygen atoms in total. The molecule has 3 heteroatoms. The molecule has 1 atom stereocenters. The molecule has 19 heavy (non-hydrogen) atoms. The van der Waals surface area contributed by atoms with Crippen LogP contribution in [-0.4, -0.2) is 37.5 Å². The summed E-state index contributed by atoms with van der Waals surface area (Å²) in [6.07, 6.45) is 2.33. The molecule has 2 rings (SSSR count). The van der Waals surface area contributed by atoms with Crippen molar-refractivity contribution < 1.29 is 4.79 Å². The van der Waals surface area contributed by atoms with Crippen molar-refractivity contribution in [3.63, 3.8) is 0 Å². The van der Waals surface area contributed by atoms with Gasteiger partial charge in [0, 0.05) is 18.7 Å². The Morgan fingerprint density at radius 2 is 2.21 bits per heavy atom. The molecule has 0 spiro atoms. The minimum atomic E-state index is 0.196. The number of benzene rings is 1. The zero-order chi connectivity index (χ0) is 13.8. The third kappa shape index (κ3) is 3.16. The standard InChI is InChI=1S/C16H24N2O/c1-12-6-4-8-15(13(12)2)16(19)18-9-5-7-14(11-18)10-17-3/h4,6,8,14,17H,5,7,9-11H2,1-3H3. The maximum atomic E-state index is 12.6. The Morgan fingerprint density at radius 1 is 1.42 bits per heavy atom. The highest BCUT2D eigenvalue weighted by Gasteiger charge is 2.24. The molecule has 0 aliphatic carbocycles. The van der Waals surface area contributed by atoms with Crippen molar-refractivity contribution in [3.05, 3.63) is 34.9 Å². The van der Waals surface area contributed by atoms with Crippen LogP contribution in [0.3, 0.4) is 0 Å². The van der Waals surface area contributed by atoms with Crippen LogP contribution in [0.15, 0.2) is 18.2 Å². The lowest BCUT2D eigenvalue weighted by molar-refractivity contribution is 0.0673. The molecule has 1 saturated heterocycles. The molecule has 0 aromatic heterocycles. The summed E-state index contributed by atoms with van der Waals surface area (Å²) >= 11 is 0. The number of rotatable bonds is 3. The average molecular weight is 260 g/mol. The molecule has 1 N–H and O–H groups in total.